The average Bonchev–Trinajstić information content (AvgIpc) is 3.01. The van der Waals surface area contributed by atoms with Crippen LogP contribution in [-0.4, -0.2) is 72.8 Å². The Hall–Kier alpha value is -5.45. The van der Waals surface area contributed by atoms with Crippen molar-refractivity contribution in [2.75, 3.05) is 28.5 Å². The van der Waals surface area contributed by atoms with Crippen LogP contribution in [0.1, 0.15) is 43.1 Å². The quantitative estimate of drug-likeness (QED) is 0.247. The molecule has 1 aromatic heterocycles. The number of benzene rings is 2. The van der Waals surface area contributed by atoms with Gasteiger partial charge >= 0.3 is 12.0 Å². The SMILES string of the molecule is CN1CCC(=O)N(c2ccc(CC(NC(=O)c3cc(F)c(NS(=O)(=O)c4ccc(NC(=O)C(C)(C)C)cc4)cc3F)C(=O)O)cn2)C1=O. The van der Waals surface area contributed by atoms with E-state index in [1.807, 2.05) is 4.72 Å². The van der Waals surface area contributed by atoms with Gasteiger partial charge < -0.3 is 20.6 Å². The van der Waals surface area contributed by atoms with E-state index in [9.17, 15) is 46.3 Å². The topological polar surface area (TPSA) is 195 Å². The van der Waals surface area contributed by atoms with Crippen LogP contribution in [0.15, 0.2) is 59.6 Å². The van der Waals surface area contributed by atoms with Gasteiger partial charge in [-0.25, -0.2) is 36.7 Å². The van der Waals surface area contributed by atoms with Crippen LogP contribution >= 0.6 is 0 Å². The summed E-state index contributed by atoms with van der Waals surface area (Å²) in [5.41, 5.74) is -1.81. The second-order valence-electron chi connectivity index (χ2n) is 11.9. The molecule has 0 spiro atoms. The molecule has 1 unspecified atom stereocenters. The predicted molar refractivity (Wildman–Crippen MR) is 169 cm³/mol. The normalized spacial score (nSPS) is 14.4. The lowest BCUT2D eigenvalue weighted by molar-refractivity contribution is -0.139. The molecule has 1 atom stereocenters. The van der Waals surface area contributed by atoms with E-state index in [1.54, 1.807) is 20.8 Å². The summed E-state index contributed by atoms with van der Waals surface area (Å²) < 4.78 is 57.6. The lowest BCUT2D eigenvalue weighted by Crippen LogP contribution is -2.51. The van der Waals surface area contributed by atoms with Crippen LogP contribution in [0.3, 0.4) is 0 Å². The number of hydrogen-bond acceptors (Lipinski definition) is 8. The van der Waals surface area contributed by atoms with Gasteiger partial charge in [-0.05, 0) is 42.0 Å². The minimum absolute atomic E-state index is 0.0195. The molecule has 1 aliphatic heterocycles. The molecule has 0 saturated carbocycles. The van der Waals surface area contributed by atoms with E-state index in [-0.39, 0.29) is 41.6 Å². The van der Waals surface area contributed by atoms with E-state index in [0.717, 1.165) is 17.0 Å². The van der Waals surface area contributed by atoms with Crippen molar-refractivity contribution in [3.05, 3.63) is 77.5 Å². The molecule has 1 saturated heterocycles. The first kappa shape index (κ1) is 35.4. The number of pyridine rings is 1. The van der Waals surface area contributed by atoms with Crippen molar-refractivity contribution in [2.24, 2.45) is 5.41 Å². The number of anilines is 3. The van der Waals surface area contributed by atoms with E-state index in [2.05, 4.69) is 15.6 Å². The van der Waals surface area contributed by atoms with Crippen molar-refractivity contribution in [1.82, 2.24) is 15.2 Å². The molecule has 48 heavy (non-hydrogen) atoms. The van der Waals surface area contributed by atoms with Crippen LogP contribution in [0, 0.1) is 17.0 Å². The Morgan fingerprint density at radius 1 is 1.02 bits per heavy atom. The van der Waals surface area contributed by atoms with Gasteiger partial charge in [-0.15, -0.1) is 0 Å². The van der Waals surface area contributed by atoms with Crippen LogP contribution < -0.4 is 20.3 Å². The van der Waals surface area contributed by atoms with Crippen molar-refractivity contribution in [3.63, 3.8) is 0 Å². The molecule has 0 aliphatic carbocycles. The molecule has 0 radical (unpaired) electrons. The van der Waals surface area contributed by atoms with Gasteiger partial charge in [-0.3, -0.25) is 19.1 Å². The summed E-state index contributed by atoms with van der Waals surface area (Å²) in [6.45, 7) is 5.34. The number of aromatic nitrogens is 1. The number of carboxylic acids is 1. The molecular weight excluding hydrogens is 654 g/mol. The minimum atomic E-state index is -4.44. The third-order valence-electron chi connectivity index (χ3n) is 7.16. The summed E-state index contributed by atoms with van der Waals surface area (Å²) in [6, 6.07) is 6.33. The van der Waals surface area contributed by atoms with Crippen molar-refractivity contribution in [3.8, 4) is 0 Å². The Kier molecular flexibility index (Phi) is 10.1. The van der Waals surface area contributed by atoms with E-state index in [4.69, 9.17) is 0 Å². The molecule has 17 heteroatoms. The molecule has 4 N–H and O–H groups in total. The first-order chi connectivity index (χ1) is 22.4. The van der Waals surface area contributed by atoms with Gasteiger partial charge in [0, 0.05) is 49.8 Å². The Morgan fingerprint density at radius 3 is 2.27 bits per heavy atom. The molecule has 254 valence electrons. The van der Waals surface area contributed by atoms with Gasteiger partial charge in [0.2, 0.25) is 11.8 Å². The molecule has 1 aliphatic rings. The predicted octanol–water partition coefficient (Wildman–Crippen LogP) is 3.36. The van der Waals surface area contributed by atoms with Gasteiger partial charge in [0.1, 0.15) is 23.5 Å². The number of amides is 5. The zero-order chi connectivity index (χ0) is 35.6. The van der Waals surface area contributed by atoms with E-state index in [0.29, 0.717) is 17.8 Å². The number of urea groups is 1. The lowest BCUT2D eigenvalue weighted by atomic mass is 9.95. The van der Waals surface area contributed by atoms with Crippen LogP contribution in [-0.2, 0) is 30.8 Å². The van der Waals surface area contributed by atoms with Crippen LogP contribution in [0.25, 0.3) is 0 Å². The number of hydrogen-bond donors (Lipinski definition) is 4. The number of carboxylic acid groups (broad SMARTS) is 1. The Labute approximate surface area is 274 Å². The zero-order valence-corrected chi connectivity index (χ0v) is 27.0. The number of sulfonamides is 1. The zero-order valence-electron chi connectivity index (χ0n) is 26.2. The van der Waals surface area contributed by atoms with Crippen LogP contribution in [0.5, 0.6) is 0 Å². The highest BCUT2D eigenvalue weighted by atomic mass is 32.2. The van der Waals surface area contributed by atoms with E-state index < -0.39 is 68.2 Å². The number of nitrogens with zero attached hydrogens (tertiary/aromatic N) is 3. The molecular formula is C31H32F2N6O8S. The second kappa shape index (κ2) is 13.7. The molecule has 3 aromatic rings. The number of halogens is 2. The molecule has 4 rings (SSSR count). The number of carbonyl (C=O) groups is 5. The summed E-state index contributed by atoms with van der Waals surface area (Å²) in [4.78, 5) is 67.5. The lowest BCUT2D eigenvalue weighted by Gasteiger charge is -2.30. The Balaban J connectivity index is 1.44. The fraction of sp³-hybridized carbons (Fsp3) is 0.290. The van der Waals surface area contributed by atoms with Crippen molar-refractivity contribution < 1.29 is 46.3 Å². The van der Waals surface area contributed by atoms with E-state index >= 15 is 0 Å². The highest BCUT2D eigenvalue weighted by Crippen LogP contribution is 2.25. The van der Waals surface area contributed by atoms with Gasteiger partial charge in [0.25, 0.3) is 15.9 Å². The van der Waals surface area contributed by atoms with E-state index in [1.165, 1.54) is 42.4 Å². The van der Waals surface area contributed by atoms with Crippen molar-refractivity contribution >= 4 is 56.9 Å². The Bertz CT molecular complexity index is 1880. The molecule has 2 aromatic carbocycles. The maximum absolute atomic E-state index is 15.0. The Morgan fingerprint density at radius 2 is 1.69 bits per heavy atom. The number of carbonyl (C=O) groups excluding carboxylic acids is 4. The van der Waals surface area contributed by atoms with Gasteiger partial charge in [0.05, 0.1) is 16.1 Å². The first-order valence-corrected chi connectivity index (χ1v) is 15.9. The maximum atomic E-state index is 15.0. The highest BCUT2D eigenvalue weighted by Gasteiger charge is 2.32. The number of rotatable bonds is 10. The first-order valence-electron chi connectivity index (χ1n) is 14.4. The van der Waals surface area contributed by atoms with Crippen molar-refractivity contribution in [2.45, 2.75) is 44.6 Å². The largest absolute Gasteiger partial charge is 0.480 e. The monoisotopic (exact) mass is 686 g/mol. The number of aliphatic carboxylic acids is 1. The molecule has 5 amide bonds. The summed E-state index contributed by atoms with van der Waals surface area (Å²) >= 11 is 0. The van der Waals surface area contributed by atoms with Gasteiger partial charge in [-0.2, -0.15) is 0 Å². The molecule has 14 nitrogen and oxygen atoms in total. The third-order valence-corrected chi connectivity index (χ3v) is 8.54. The standard InChI is InChI=1S/C31H32F2N6O8S/c1-31(2,3)29(44)35-18-6-8-19(9-7-18)48(46,47)37-23-15-21(32)20(14-22(23)33)27(41)36-24(28(42)43)13-17-5-10-25(34-16-17)39-26(40)11-12-38(4)30(39)45/h5-10,14-16,24,37H,11-13H2,1-4H3,(H,35,44)(H,36,41)(H,42,43). The average molecular weight is 687 g/mol. The summed E-state index contributed by atoms with van der Waals surface area (Å²) in [5, 5.41) is 14.4. The third kappa shape index (κ3) is 8.09. The smallest absolute Gasteiger partial charge is 0.332 e. The summed E-state index contributed by atoms with van der Waals surface area (Å²) in [6.07, 6.45) is 0.955. The van der Waals surface area contributed by atoms with Gasteiger partial charge in [-0.1, -0.05) is 26.8 Å². The maximum Gasteiger partial charge on any atom is 0.332 e. The van der Waals surface area contributed by atoms with Gasteiger partial charge in [0.15, 0.2) is 0 Å². The molecule has 1 fully saturated rings. The highest BCUT2D eigenvalue weighted by molar-refractivity contribution is 7.92. The van der Waals surface area contributed by atoms with Crippen molar-refractivity contribution in [1.29, 1.82) is 0 Å². The molecule has 2 heterocycles. The second-order valence-corrected chi connectivity index (χ2v) is 13.6. The number of nitrogens with one attached hydrogen (secondary N) is 3. The van der Waals surface area contributed by atoms with Crippen LogP contribution in [0.2, 0.25) is 0 Å². The van der Waals surface area contributed by atoms with Crippen LogP contribution in [0.4, 0.5) is 30.8 Å². The summed E-state index contributed by atoms with van der Waals surface area (Å²) in [5.74, 6) is -6.22. The molecule has 0 bridgehead atoms. The summed E-state index contributed by atoms with van der Waals surface area (Å²) in [7, 11) is -2.92. The minimum Gasteiger partial charge on any atom is -0.480 e. The number of imide groups is 1. The fourth-order valence-corrected chi connectivity index (χ4v) is 5.41. The fourth-order valence-electron chi connectivity index (χ4n) is 4.35.